The third-order valence-corrected chi connectivity index (χ3v) is 4.72. The second-order valence-corrected chi connectivity index (χ2v) is 6.68. The standard InChI is InChI=1S/C24H17F2NO3/c1-2-30-17-5-3-4-14(10-17)15-6-8-18(21(26)11-15)23-13-20(24(28)29)19-12-16(25)7-9-22(19)27-23/h3-13H,2H2,1H3,(H,28,29). The van der Waals surface area contributed by atoms with Crippen molar-refractivity contribution in [3.05, 3.63) is 83.9 Å². The van der Waals surface area contributed by atoms with Crippen molar-refractivity contribution in [2.75, 3.05) is 6.61 Å². The average molecular weight is 405 g/mol. The zero-order chi connectivity index (χ0) is 21.3. The van der Waals surface area contributed by atoms with Crippen molar-refractivity contribution >= 4 is 16.9 Å². The number of hydrogen-bond acceptors (Lipinski definition) is 3. The zero-order valence-electron chi connectivity index (χ0n) is 16.0. The first kappa shape index (κ1) is 19.5. The number of aromatic carboxylic acids is 1. The summed E-state index contributed by atoms with van der Waals surface area (Å²) in [5, 5.41) is 9.68. The number of carboxylic acid groups (broad SMARTS) is 1. The number of rotatable bonds is 5. The summed E-state index contributed by atoms with van der Waals surface area (Å²) in [4.78, 5) is 16.0. The molecule has 0 aliphatic rings. The normalized spacial score (nSPS) is 10.9. The van der Waals surface area contributed by atoms with Gasteiger partial charge in [-0.25, -0.2) is 18.6 Å². The molecule has 0 bridgehead atoms. The number of benzene rings is 3. The van der Waals surface area contributed by atoms with Crippen LogP contribution in [0.4, 0.5) is 8.78 Å². The van der Waals surface area contributed by atoms with Crippen LogP contribution in [0, 0.1) is 11.6 Å². The van der Waals surface area contributed by atoms with Crippen LogP contribution in [0.2, 0.25) is 0 Å². The molecule has 0 unspecified atom stereocenters. The fraction of sp³-hybridized carbons (Fsp3) is 0.0833. The summed E-state index contributed by atoms with van der Waals surface area (Å²) in [6.45, 7) is 2.41. The zero-order valence-corrected chi connectivity index (χ0v) is 16.0. The fourth-order valence-electron chi connectivity index (χ4n) is 3.35. The number of carboxylic acids is 1. The Morgan fingerprint density at radius 1 is 1.00 bits per heavy atom. The van der Waals surface area contributed by atoms with Crippen molar-refractivity contribution in [2.45, 2.75) is 6.92 Å². The van der Waals surface area contributed by atoms with Gasteiger partial charge < -0.3 is 9.84 Å². The molecular formula is C24H17F2NO3. The Kier molecular flexibility index (Phi) is 5.14. The highest BCUT2D eigenvalue weighted by Gasteiger charge is 2.16. The molecule has 1 aromatic heterocycles. The predicted molar refractivity (Wildman–Crippen MR) is 111 cm³/mol. The molecule has 0 saturated heterocycles. The third kappa shape index (κ3) is 3.72. The number of ether oxygens (including phenoxy) is 1. The molecule has 0 aliphatic heterocycles. The van der Waals surface area contributed by atoms with Crippen molar-refractivity contribution in [1.82, 2.24) is 4.98 Å². The number of carbonyl (C=O) groups is 1. The first-order chi connectivity index (χ1) is 14.5. The molecule has 0 fully saturated rings. The van der Waals surface area contributed by atoms with Gasteiger partial charge in [-0.15, -0.1) is 0 Å². The van der Waals surface area contributed by atoms with Crippen molar-refractivity contribution in [3.63, 3.8) is 0 Å². The van der Waals surface area contributed by atoms with E-state index < -0.39 is 17.6 Å². The molecule has 30 heavy (non-hydrogen) atoms. The largest absolute Gasteiger partial charge is 0.494 e. The molecule has 6 heteroatoms. The minimum Gasteiger partial charge on any atom is -0.494 e. The fourth-order valence-corrected chi connectivity index (χ4v) is 3.35. The maximum Gasteiger partial charge on any atom is 0.336 e. The van der Waals surface area contributed by atoms with Crippen LogP contribution in [0.3, 0.4) is 0 Å². The van der Waals surface area contributed by atoms with Crippen LogP contribution in [-0.4, -0.2) is 22.7 Å². The van der Waals surface area contributed by atoms with E-state index in [1.165, 1.54) is 24.3 Å². The first-order valence-electron chi connectivity index (χ1n) is 9.33. The number of nitrogens with zero attached hydrogens (tertiary/aromatic N) is 1. The van der Waals surface area contributed by atoms with Crippen LogP contribution in [0.5, 0.6) is 5.75 Å². The number of halogens is 2. The van der Waals surface area contributed by atoms with Crippen molar-refractivity contribution in [2.24, 2.45) is 0 Å². The van der Waals surface area contributed by atoms with Crippen LogP contribution in [0.15, 0.2) is 66.7 Å². The molecule has 4 rings (SSSR count). The topological polar surface area (TPSA) is 59.4 Å². The van der Waals surface area contributed by atoms with Gasteiger partial charge >= 0.3 is 5.97 Å². The lowest BCUT2D eigenvalue weighted by Gasteiger charge is -2.10. The molecule has 0 atom stereocenters. The van der Waals surface area contributed by atoms with E-state index in [1.54, 1.807) is 12.1 Å². The van der Waals surface area contributed by atoms with E-state index in [0.29, 0.717) is 17.9 Å². The van der Waals surface area contributed by atoms with Crippen LogP contribution in [0.25, 0.3) is 33.3 Å². The van der Waals surface area contributed by atoms with E-state index in [-0.39, 0.29) is 27.7 Å². The second kappa shape index (κ2) is 7.91. The summed E-state index contributed by atoms with van der Waals surface area (Å²) >= 11 is 0. The van der Waals surface area contributed by atoms with Gasteiger partial charge in [0.2, 0.25) is 0 Å². The molecule has 0 spiro atoms. The Morgan fingerprint density at radius 2 is 1.80 bits per heavy atom. The predicted octanol–water partition coefficient (Wildman–Crippen LogP) is 5.94. The van der Waals surface area contributed by atoms with E-state index in [0.717, 1.165) is 11.6 Å². The number of aromatic nitrogens is 1. The van der Waals surface area contributed by atoms with Gasteiger partial charge in [-0.1, -0.05) is 18.2 Å². The molecule has 0 aliphatic carbocycles. The average Bonchev–Trinajstić information content (AvgIpc) is 2.73. The van der Waals surface area contributed by atoms with E-state index >= 15 is 0 Å². The maximum absolute atomic E-state index is 15.0. The lowest BCUT2D eigenvalue weighted by Crippen LogP contribution is -2.01. The quantitative estimate of drug-likeness (QED) is 0.446. The summed E-state index contributed by atoms with van der Waals surface area (Å²) in [6.07, 6.45) is 0. The van der Waals surface area contributed by atoms with Gasteiger partial charge in [-0.2, -0.15) is 0 Å². The molecule has 4 nitrogen and oxygen atoms in total. The summed E-state index contributed by atoms with van der Waals surface area (Å²) in [6, 6.07) is 16.9. The van der Waals surface area contributed by atoms with Gasteiger partial charge in [0.05, 0.1) is 23.4 Å². The first-order valence-corrected chi connectivity index (χ1v) is 9.33. The number of pyridine rings is 1. The summed E-state index contributed by atoms with van der Waals surface area (Å²) in [7, 11) is 0. The third-order valence-electron chi connectivity index (χ3n) is 4.72. The summed E-state index contributed by atoms with van der Waals surface area (Å²) in [5.41, 5.74) is 1.91. The summed E-state index contributed by atoms with van der Waals surface area (Å²) < 4.78 is 34.0. The summed E-state index contributed by atoms with van der Waals surface area (Å²) in [5.74, 6) is -1.66. The number of fused-ring (bicyclic) bond motifs is 1. The highest BCUT2D eigenvalue weighted by molar-refractivity contribution is 6.03. The number of hydrogen-bond donors (Lipinski definition) is 1. The molecule has 3 aromatic carbocycles. The Labute approximate surface area is 171 Å². The molecule has 1 N–H and O–H groups in total. The minimum absolute atomic E-state index is 0.137. The Bertz CT molecular complexity index is 1270. The Balaban J connectivity index is 1.80. The minimum atomic E-state index is -1.24. The smallest absolute Gasteiger partial charge is 0.336 e. The van der Waals surface area contributed by atoms with Gasteiger partial charge in [0, 0.05) is 10.9 Å². The molecular weight excluding hydrogens is 388 g/mol. The SMILES string of the molecule is CCOc1cccc(-c2ccc(-c3cc(C(=O)O)c4cc(F)ccc4n3)c(F)c2)c1. The van der Waals surface area contributed by atoms with Crippen molar-refractivity contribution in [3.8, 4) is 28.1 Å². The van der Waals surface area contributed by atoms with E-state index in [2.05, 4.69) is 4.98 Å². The molecule has 4 aromatic rings. The molecule has 1 heterocycles. The highest BCUT2D eigenvalue weighted by atomic mass is 19.1. The van der Waals surface area contributed by atoms with Crippen LogP contribution in [0.1, 0.15) is 17.3 Å². The van der Waals surface area contributed by atoms with Gasteiger partial charge in [0.15, 0.2) is 0 Å². The highest BCUT2D eigenvalue weighted by Crippen LogP contribution is 2.31. The van der Waals surface area contributed by atoms with Crippen molar-refractivity contribution < 1.29 is 23.4 Å². The molecule has 0 saturated carbocycles. The second-order valence-electron chi connectivity index (χ2n) is 6.68. The van der Waals surface area contributed by atoms with Crippen LogP contribution < -0.4 is 4.74 Å². The Morgan fingerprint density at radius 3 is 2.53 bits per heavy atom. The van der Waals surface area contributed by atoms with E-state index in [1.807, 2.05) is 31.2 Å². The molecule has 0 radical (unpaired) electrons. The molecule has 150 valence electrons. The monoisotopic (exact) mass is 405 g/mol. The van der Waals surface area contributed by atoms with Crippen LogP contribution >= 0.6 is 0 Å². The lowest BCUT2D eigenvalue weighted by atomic mass is 10.00. The van der Waals surface area contributed by atoms with Gasteiger partial charge in [-0.05, 0) is 66.6 Å². The molecule has 0 amide bonds. The Hall–Kier alpha value is -3.80. The maximum atomic E-state index is 15.0. The van der Waals surface area contributed by atoms with Gasteiger partial charge in [0.1, 0.15) is 17.4 Å². The lowest BCUT2D eigenvalue weighted by molar-refractivity contribution is 0.0699. The van der Waals surface area contributed by atoms with Crippen LogP contribution in [-0.2, 0) is 0 Å². The van der Waals surface area contributed by atoms with Gasteiger partial charge in [-0.3, -0.25) is 0 Å². The van der Waals surface area contributed by atoms with Crippen molar-refractivity contribution in [1.29, 1.82) is 0 Å². The van der Waals surface area contributed by atoms with E-state index in [9.17, 15) is 18.7 Å². The van der Waals surface area contributed by atoms with Gasteiger partial charge in [0.25, 0.3) is 0 Å². The van der Waals surface area contributed by atoms with E-state index in [4.69, 9.17) is 4.74 Å².